The maximum atomic E-state index is 11.9. The summed E-state index contributed by atoms with van der Waals surface area (Å²) in [7, 11) is 0. The second-order valence-corrected chi connectivity index (χ2v) is 8.57. The van der Waals surface area contributed by atoms with Gasteiger partial charge in [0.05, 0.1) is 25.7 Å². The normalized spacial score (nSPS) is 17.7. The highest BCUT2D eigenvalue weighted by Gasteiger charge is 2.23. The van der Waals surface area contributed by atoms with Crippen LogP contribution in [-0.4, -0.2) is 55.1 Å². The van der Waals surface area contributed by atoms with Gasteiger partial charge in [-0.15, -0.1) is 0 Å². The van der Waals surface area contributed by atoms with Crippen molar-refractivity contribution in [1.82, 2.24) is 4.90 Å². The van der Waals surface area contributed by atoms with Crippen LogP contribution in [0.3, 0.4) is 0 Å². The summed E-state index contributed by atoms with van der Waals surface area (Å²) in [6.45, 7) is 10.8. The Balaban J connectivity index is 1.75. The first kappa shape index (κ1) is 23.4. The van der Waals surface area contributed by atoms with Crippen LogP contribution in [0.25, 0.3) is 0 Å². The molecule has 1 unspecified atom stereocenters. The molecule has 1 heterocycles. The minimum atomic E-state index is -0.443. The van der Waals surface area contributed by atoms with Crippen molar-refractivity contribution in [2.75, 3.05) is 32.8 Å². The smallest absolute Gasteiger partial charge is 0.307 e. The zero-order valence-corrected chi connectivity index (χ0v) is 18.2. The molecular formula is C23H35NO5. The van der Waals surface area contributed by atoms with Gasteiger partial charge in [-0.1, -0.05) is 12.1 Å². The predicted molar refractivity (Wildman–Crippen MR) is 112 cm³/mol. The van der Waals surface area contributed by atoms with Crippen LogP contribution in [-0.2, 0) is 19.1 Å². The molecule has 1 aliphatic heterocycles. The number of benzene rings is 1. The molecule has 0 amide bonds. The van der Waals surface area contributed by atoms with Gasteiger partial charge in [0.2, 0.25) is 0 Å². The van der Waals surface area contributed by atoms with E-state index in [1.807, 2.05) is 45.0 Å². The van der Waals surface area contributed by atoms with E-state index in [-0.39, 0.29) is 17.9 Å². The molecule has 0 N–H and O–H groups in total. The number of nitrogens with zero attached hydrogens (tertiary/aromatic N) is 1. The lowest BCUT2D eigenvalue weighted by Crippen LogP contribution is -2.39. The summed E-state index contributed by atoms with van der Waals surface area (Å²) in [6.07, 6.45) is 2.74. The van der Waals surface area contributed by atoms with E-state index in [2.05, 4.69) is 4.90 Å². The van der Waals surface area contributed by atoms with Crippen LogP contribution in [0.15, 0.2) is 24.3 Å². The Bertz CT molecular complexity index is 650. The zero-order chi connectivity index (χ0) is 21.3. The van der Waals surface area contributed by atoms with Gasteiger partial charge < -0.3 is 19.0 Å². The lowest BCUT2D eigenvalue weighted by Gasteiger charge is -2.33. The summed E-state index contributed by atoms with van der Waals surface area (Å²) in [5.74, 6) is 0.890. The van der Waals surface area contributed by atoms with Crippen LogP contribution in [0.1, 0.15) is 65.0 Å². The summed E-state index contributed by atoms with van der Waals surface area (Å²) in [5, 5.41) is 0. The Morgan fingerprint density at radius 1 is 1.14 bits per heavy atom. The van der Waals surface area contributed by atoms with Crippen molar-refractivity contribution in [1.29, 1.82) is 0 Å². The highest BCUT2D eigenvalue weighted by atomic mass is 16.6. The molecule has 29 heavy (non-hydrogen) atoms. The summed E-state index contributed by atoms with van der Waals surface area (Å²) in [5.41, 5.74) is 0.665. The number of ketones is 1. The van der Waals surface area contributed by atoms with Crippen molar-refractivity contribution in [3.63, 3.8) is 0 Å². The van der Waals surface area contributed by atoms with E-state index in [0.29, 0.717) is 32.6 Å². The highest BCUT2D eigenvalue weighted by Crippen LogP contribution is 2.24. The van der Waals surface area contributed by atoms with E-state index in [9.17, 15) is 9.59 Å². The number of hydrogen-bond acceptors (Lipinski definition) is 6. The van der Waals surface area contributed by atoms with Gasteiger partial charge in [-0.25, -0.2) is 0 Å². The number of esters is 1. The quantitative estimate of drug-likeness (QED) is 0.434. The van der Waals surface area contributed by atoms with Crippen LogP contribution in [0, 0.1) is 0 Å². The number of rotatable bonds is 10. The maximum Gasteiger partial charge on any atom is 0.307 e. The Hall–Kier alpha value is -1.92. The molecule has 1 fully saturated rings. The van der Waals surface area contributed by atoms with Crippen molar-refractivity contribution in [2.45, 2.75) is 65.1 Å². The Morgan fingerprint density at radius 3 is 2.52 bits per heavy atom. The van der Waals surface area contributed by atoms with Crippen LogP contribution >= 0.6 is 0 Å². The first-order chi connectivity index (χ1) is 13.7. The van der Waals surface area contributed by atoms with E-state index in [4.69, 9.17) is 14.2 Å². The molecule has 162 valence electrons. The van der Waals surface area contributed by atoms with E-state index in [0.717, 1.165) is 37.2 Å². The van der Waals surface area contributed by atoms with Gasteiger partial charge in [-0.2, -0.15) is 0 Å². The van der Waals surface area contributed by atoms with Crippen LogP contribution in [0.5, 0.6) is 5.75 Å². The maximum absolute atomic E-state index is 11.9. The SMILES string of the molecule is CC(=O)CCCCOc1ccc(C2CN(CCC(=O)OC(C)(C)C)CCO2)cc1. The van der Waals surface area contributed by atoms with E-state index >= 15 is 0 Å². The Morgan fingerprint density at radius 2 is 1.86 bits per heavy atom. The predicted octanol–water partition coefficient (Wildman–Crippen LogP) is 3.93. The van der Waals surface area contributed by atoms with Crippen molar-refractivity contribution in [3.05, 3.63) is 29.8 Å². The Labute approximate surface area is 174 Å². The summed E-state index contributed by atoms with van der Waals surface area (Å²) < 4.78 is 17.1. The molecule has 2 rings (SSSR count). The molecule has 6 heteroatoms. The molecule has 1 atom stereocenters. The second kappa shape index (κ2) is 11.3. The minimum Gasteiger partial charge on any atom is -0.494 e. The average molecular weight is 406 g/mol. The van der Waals surface area contributed by atoms with Gasteiger partial charge in [0.25, 0.3) is 0 Å². The first-order valence-corrected chi connectivity index (χ1v) is 10.5. The first-order valence-electron chi connectivity index (χ1n) is 10.5. The van der Waals surface area contributed by atoms with Gasteiger partial charge in [-0.3, -0.25) is 9.69 Å². The van der Waals surface area contributed by atoms with Crippen molar-refractivity contribution in [2.24, 2.45) is 0 Å². The lowest BCUT2D eigenvalue weighted by molar-refractivity contribution is -0.155. The third kappa shape index (κ3) is 9.41. The second-order valence-electron chi connectivity index (χ2n) is 8.57. The van der Waals surface area contributed by atoms with Gasteiger partial charge in [0.1, 0.15) is 17.1 Å². The zero-order valence-electron chi connectivity index (χ0n) is 18.2. The average Bonchev–Trinajstić information content (AvgIpc) is 2.65. The van der Waals surface area contributed by atoms with Gasteiger partial charge in [0.15, 0.2) is 0 Å². The van der Waals surface area contributed by atoms with Crippen LogP contribution in [0.4, 0.5) is 0 Å². The molecule has 0 aliphatic carbocycles. The molecule has 1 saturated heterocycles. The number of ether oxygens (including phenoxy) is 3. The van der Waals surface area contributed by atoms with Crippen LogP contribution in [0.2, 0.25) is 0 Å². The van der Waals surface area contributed by atoms with Crippen molar-refractivity contribution >= 4 is 11.8 Å². The third-order valence-electron chi connectivity index (χ3n) is 4.65. The minimum absolute atomic E-state index is 0.00740. The number of morpholine rings is 1. The van der Waals surface area contributed by atoms with Crippen LogP contribution < -0.4 is 4.74 Å². The Kier molecular flexibility index (Phi) is 9.11. The fourth-order valence-electron chi connectivity index (χ4n) is 3.19. The molecule has 0 aromatic heterocycles. The molecule has 0 bridgehead atoms. The summed E-state index contributed by atoms with van der Waals surface area (Å²) in [4.78, 5) is 25.1. The molecule has 0 radical (unpaired) electrons. The van der Waals surface area contributed by atoms with Gasteiger partial charge in [-0.05, 0) is 58.2 Å². The molecule has 0 spiro atoms. The summed E-state index contributed by atoms with van der Waals surface area (Å²) >= 11 is 0. The molecule has 0 saturated carbocycles. The van der Waals surface area contributed by atoms with E-state index in [1.54, 1.807) is 6.92 Å². The largest absolute Gasteiger partial charge is 0.494 e. The fraction of sp³-hybridized carbons (Fsp3) is 0.652. The van der Waals surface area contributed by atoms with E-state index in [1.165, 1.54) is 0 Å². The number of unbranched alkanes of at least 4 members (excludes halogenated alkanes) is 1. The molecule has 1 aliphatic rings. The van der Waals surface area contributed by atoms with Crippen molar-refractivity contribution in [3.8, 4) is 5.75 Å². The molecule has 6 nitrogen and oxygen atoms in total. The summed E-state index contributed by atoms with van der Waals surface area (Å²) in [6, 6.07) is 7.99. The number of hydrogen-bond donors (Lipinski definition) is 0. The third-order valence-corrected chi connectivity index (χ3v) is 4.65. The van der Waals surface area contributed by atoms with Gasteiger partial charge in [0, 0.05) is 26.1 Å². The number of carbonyl (C=O) groups is 2. The van der Waals surface area contributed by atoms with Crippen molar-refractivity contribution < 1.29 is 23.8 Å². The molecular weight excluding hydrogens is 370 g/mol. The number of carbonyl (C=O) groups excluding carboxylic acids is 2. The molecule has 1 aromatic carbocycles. The highest BCUT2D eigenvalue weighted by molar-refractivity contribution is 5.75. The monoisotopic (exact) mass is 405 g/mol. The van der Waals surface area contributed by atoms with E-state index < -0.39 is 5.60 Å². The topological polar surface area (TPSA) is 65.1 Å². The number of Topliss-reactive ketones (excluding diaryl/α,β-unsaturated/α-hetero) is 1. The fourth-order valence-corrected chi connectivity index (χ4v) is 3.19. The molecule has 1 aromatic rings. The lowest BCUT2D eigenvalue weighted by atomic mass is 10.1. The van der Waals surface area contributed by atoms with Gasteiger partial charge >= 0.3 is 5.97 Å². The standard InChI is InChI=1S/C23H35NO5/c1-18(25)7-5-6-15-27-20-10-8-19(9-11-20)21-17-24(14-16-28-21)13-12-22(26)29-23(2,3)4/h8-11,21H,5-7,12-17H2,1-4H3.